The molecule has 0 fully saturated rings. The summed E-state index contributed by atoms with van der Waals surface area (Å²) in [5, 5.41) is 0. The lowest BCUT2D eigenvalue weighted by atomic mass is 10.0. The summed E-state index contributed by atoms with van der Waals surface area (Å²) < 4.78 is 5.00. The van der Waals surface area contributed by atoms with Crippen molar-refractivity contribution in [2.75, 3.05) is 33.9 Å². The largest absolute Gasteiger partial charge is 0.385 e. The molecular formula is C15H23NO2. The van der Waals surface area contributed by atoms with Crippen LogP contribution in [-0.4, -0.2) is 44.5 Å². The summed E-state index contributed by atoms with van der Waals surface area (Å²) in [6, 6.07) is 5.97. The second-order valence-corrected chi connectivity index (χ2v) is 4.83. The number of rotatable bonds is 7. The molecule has 0 radical (unpaired) electrons. The first-order valence-corrected chi connectivity index (χ1v) is 6.32. The van der Waals surface area contributed by atoms with Gasteiger partial charge in [-0.05, 0) is 32.9 Å². The van der Waals surface area contributed by atoms with E-state index in [0.29, 0.717) is 6.54 Å². The normalized spacial score (nSPS) is 10.9. The molecule has 0 N–H and O–H groups in total. The van der Waals surface area contributed by atoms with E-state index in [2.05, 4.69) is 6.07 Å². The Hall–Kier alpha value is -1.19. The number of benzene rings is 1. The van der Waals surface area contributed by atoms with Crippen LogP contribution in [0.15, 0.2) is 18.2 Å². The van der Waals surface area contributed by atoms with Gasteiger partial charge in [0.25, 0.3) is 0 Å². The second-order valence-electron chi connectivity index (χ2n) is 4.83. The molecule has 0 saturated heterocycles. The van der Waals surface area contributed by atoms with Crippen LogP contribution < -0.4 is 0 Å². The number of likely N-dealkylation sites (N-methyl/N-ethyl adjacent to an activating group) is 1. The Bertz CT molecular complexity index is 401. The van der Waals surface area contributed by atoms with E-state index in [1.165, 1.54) is 5.56 Å². The van der Waals surface area contributed by atoms with Crippen LogP contribution in [0.25, 0.3) is 0 Å². The third kappa shape index (κ3) is 4.59. The number of methoxy groups -OCH3 is 1. The van der Waals surface area contributed by atoms with Crippen LogP contribution in [0, 0.1) is 13.8 Å². The summed E-state index contributed by atoms with van der Waals surface area (Å²) >= 11 is 0. The maximum Gasteiger partial charge on any atom is 0.177 e. The van der Waals surface area contributed by atoms with Crippen molar-refractivity contribution in [2.24, 2.45) is 0 Å². The third-order valence-corrected chi connectivity index (χ3v) is 2.98. The van der Waals surface area contributed by atoms with E-state index in [1.54, 1.807) is 7.11 Å². The summed E-state index contributed by atoms with van der Waals surface area (Å²) in [6.45, 7) is 6.11. The molecule has 0 aromatic heterocycles. The Morgan fingerprint density at radius 3 is 2.67 bits per heavy atom. The molecule has 0 amide bonds. The zero-order chi connectivity index (χ0) is 13.5. The Balaban J connectivity index is 2.54. The standard InChI is InChI=1S/C15H23NO2/c1-12-6-7-14(13(2)10-12)15(17)11-16(3)8-5-9-18-4/h6-7,10H,5,8-9,11H2,1-4H3. The van der Waals surface area contributed by atoms with Crippen molar-refractivity contribution in [3.8, 4) is 0 Å². The zero-order valence-electron chi connectivity index (χ0n) is 11.8. The minimum Gasteiger partial charge on any atom is -0.385 e. The van der Waals surface area contributed by atoms with Gasteiger partial charge in [-0.3, -0.25) is 9.69 Å². The average molecular weight is 249 g/mol. The van der Waals surface area contributed by atoms with Crippen LogP contribution in [0.1, 0.15) is 27.9 Å². The van der Waals surface area contributed by atoms with E-state index < -0.39 is 0 Å². The molecule has 1 aromatic carbocycles. The first-order valence-electron chi connectivity index (χ1n) is 6.32. The minimum atomic E-state index is 0.187. The Kier molecular flexibility index (Phi) is 6.02. The van der Waals surface area contributed by atoms with Crippen LogP contribution in [0.4, 0.5) is 0 Å². The van der Waals surface area contributed by atoms with Gasteiger partial charge in [0.15, 0.2) is 5.78 Å². The Morgan fingerprint density at radius 2 is 2.06 bits per heavy atom. The van der Waals surface area contributed by atoms with Gasteiger partial charge in [-0.15, -0.1) is 0 Å². The molecule has 0 saturated carbocycles. The van der Waals surface area contributed by atoms with Crippen molar-refractivity contribution in [3.63, 3.8) is 0 Å². The number of hydrogen-bond donors (Lipinski definition) is 0. The molecule has 1 aromatic rings. The quantitative estimate of drug-likeness (QED) is 0.549. The van der Waals surface area contributed by atoms with Gasteiger partial charge in [-0.2, -0.15) is 0 Å². The number of carbonyl (C=O) groups excluding carboxylic acids is 1. The van der Waals surface area contributed by atoms with Gasteiger partial charge in [0, 0.05) is 25.8 Å². The third-order valence-electron chi connectivity index (χ3n) is 2.98. The van der Waals surface area contributed by atoms with Gasteiger partial charge in [-0.1, -0.05) is 23.8 Å². The van der Waals surface area contributed by atoms with E-state index in [0.717, 1.165) is 30.7 Å². The molecule has 3 nitrogen and oxygen atoms in total. The van der Waals surface area contributed by atoms with Crippen molar-refractivity contribution >= 4 is 5.78 Å². The molecule has 0 atom stereocenters. The fourth-order valence-corrected chi connectivity index (χ4v) is 2.01. The lowest BCUT2D eigenvalue weighted by Crippen LogP contribution is -2.28. The average Bonchev–Trinajstić information content (AvgIpc) is 2.28. The number of ketones is 1. The van der Waals surface area contributed by atoms with Crippen molar-refractivity contribution < 1.29 is 9.53 Å². The van der Waals surface area contributed by atoms with Gasteiger partial charge in [0.05, 0.1) is 6.54 Å². The zero-order valence-corrected chi connectivity index (χ0v) is 11.8. The molecule has 0 bridgehead atoms. The van der Waals surface area contributed by atoms with Crippen LogP contribution in [0.2, 0.25) is 0 Å². The summed E-state index contributed by atoms with van der Waals surface area (Å²) in [4.78, 5) is 14.2. The fourth-order valence-electron chi connectivity index (χ4n) is 2.01. The summed E-state index contributed by atoms with van der Waals surface area (Å²) in [6.07, 6.45) is 0.952. The van der Waals surface area contributed by atoms with Crippen molar-refractivity contribution in [3.05, 3.63) is 34.9 Å². The van der Waals surface area contributed by atoms with E-state index in [4.69, 9.17) is 4.74 Å². The monoisotopic (exact) mass is 249 g/mol. The number of ether oxygens (including phenoxy) is 1. The molecule has 0 unspecified atom stereocenters. The van der Waals surface area contributed by atoms with Crippen molar-refractivity contribution in [1.29, 1.82) is 0 Å². The van der Waals surface area contributed by atoms with E-state index in [9.17, 15) is 4.79 Å². The Labute approximate surface area is 110 Å². The molecular weight excluding hydrogens is 226 g/mol. The van der Waals surface area contributed by atoms with Crippen LogP contribution in [0.5, 0.6) is 0 Å². The van der Waals surface area contributed by atoms with Crippen LogP contribution in [-0.2, 0) is 4.74 Å². The SMILES string of the molecule is COCCCN(C)CC(=O)c1ccc(C)cc1C. The highest BCUT2D eigenvalue weighted by Crippen LogP contribution is 2.11. The number of aryl methyl sites for hydroxylation is 2. The molecule has 0 heterocycles. The maximum atomic E-state index is 12.1. The molecule has 0 spiro atoms. The Morgan fingerprint density at radius 1 is 1.33 bits per heavy atom. The predicted molar refractivity (Wildman–Crippen MR) is 74.2 cm³/mol. The molecule has 0 aliphatic rings. The molecule has 3 heteroatoms. The number of carbonyl (C=O) groups is 1. The van der Waals surface area contributed by atoms with Crippen molar-refractivity contribution in [2.45, 2.75) is 20.3 Å². The van der Waals surface area contributed by atoms with Crippen LogP contribution in [0.3, 0.4) is 0 Å². The molecule has 0 aliphatic carbocycles. The maximum absolute atomic E-state index is 12.1. The first kappa shape index (κ1) is 14.9. The number of Topliss-reactive ketones (excluding diaryl/α,β-unsaturated/α-hetero) is 1. The molecule has 0 aliphatic heterocycles. The lowest BCUT2D eigenvalue weighted by Gasteiger charge is -2.16. The predicted octanol–water partition coefficient (Wildman–Crippen LogP) is 2.45. The van der Waals surface area contributed by atoms with E-state index in [-0.39, 0.29) is 5.78 Å². The van der Waals surface area contributed by atoms with Gasteiger partial charge < -0.3 is 4.74 Å². The fraction of sp³-hybridized carbons (Fsp3) is 0.533. The highest BCUT2D eigenvalue weighted by atomic mass is 16.5. The molecule has 1 rings (SSSR count). The van der Waals surface area contributed by atoms with Crippen molar-refractivity contribution in [1.82, 2.24) is 4.90 Å². The number of nitrogens with zero attached hydrogens (tertiary/aromatic N) is 1. The van der Waals surface area contributed by atoms with Gasteiger partial charge in [0.2, 0.25) is 0 Å². The van der Waals surface area contributed by atoms with E-state index >= 15 is 0 Å². The summed E-state index contributed by atoms with van der Waals surface area (Å²) in [5.74, 6) is 0.187. The highest BCUT2D eigenvalue weighted by molar-refractivity contribution is 5.98. The number of hydrogen-bond acceptors (Lipinski definition) is 3. The minimum absolute atomic E-state index is 0.187. The van der Waals surface area contributed by atoms with Crippen LogP contribution >= 0.6 is 0 Å². The van der Waals surface area contributed by atoms with E-state index in [1.807, 2.05) is 37.9 Å². The first-order chi connectivity index (χ1) is 8.54. The topological polar surface area (TPSA) is 29.5 Å². The van der Waals surface area contributed by atoms with Gasteiger partial charge in [0.1, 0.15) is 0 Å². The highest BCUT2D eigenvalue weighted by Gasteiger charge is 2.11. The molecule has 100 valence electrons. The van der Waals surface area contributed by atoms with Gasteiger partial charge >= 0.3 is 0 Å². The second kappa shape index (κ2) is 7.29. The summed E-state index contributed by atoms with van der Waals surface area (Å²) in [7, 11) is 3.66. The van der Waals surface area contributed by atoms with Gasteiger partial charge in [-0.25, -0.2) is 0 Å². The molecule has 18 heavy (non-hydrogen) atoms. The lowest BCUT2D eigenvalue weighted by molar-refractivity contribution is 0.0938. The smallest absolute Gasteiger partial charge is 0.177 e. The summed E-state index contributed by atoms with van der Waals surface area (Å²) in [5.41, 5.74) is 3.09.